The first kappa shape index (κ1) is 15.8. The molecule has 2 N–H and O–H groups in total. The molecule has 0 aromatic heterocycles. The number of amides is 2. The van der Waals surface area contributed by atoms with Crippen LogP contribution in [0.1, 0.15) is 34.3 Å². The Kier molecular flexibility index (Phi) is 4.24. The van der Waals surface area contributed by atoms with Crippen molar-refractivity contribution in [3.63, 3.8) is 0 Å². The monoisotopic (exact) mass is 335 g/mol. The van der Waals surface area contributed by atoms with E-state index >= 15 is 0 Å². The maximum Gasteiger partial charge on any atom is 0.251 e. The summed E-state index contributed by atoms with van der Waals surface area (Å²) in [5.74, 6) is -0.0653. The van der Waals surface area contributed by atoms with Gasteiger partial charge in [-0.2, -0.15) is 0 Å². The molecule has 0 spiro atoms. The zero-order chi connectivity index (χ0) is 17.2. The molecule has 5 nitrogen and oxygen atoms in total. The number of rotatable bonds is 4. The molecule has 1 atom stereocenters. The Morgan fingerprint density at radius 2 is 2.04 bits per heavy atom. The number of carbonyl (C=O) groups excluding carboxylic acids is 2. The summed E-state index contributed by atoms with van der Waals surface area (Å²) >= 11 is 0. The quantitative estimate of drug-likeness (QED) is 0.903. The van der Waals surface area contributed by atoms with Crippen molar-refractivity contribution in [3.05, 3.63) is 65.2 Å². The minimum atomic E-state index is -0.123. The van der Waals surface area contributed by atoms with Crippen LogP contribution in [0.25, 0.3) is 0 Å². The molecule has 0 aliphatic carbocycles. The van der Waals surface area contributed by atoms with E-state index in [0.717, 1.165) is 31.5 Å². The highest BCUT2D eigenvalue weighted by molar-refractivity contribution is 6.01. The zero-order valence-corrected chi connectivity index (χ0v) is 14.0. The van der Waals surface area contributed by atoms with Crippen molar-refractivity contribution in [1.82, 2.24) is 10.2 Å². The Hall–Kier alpha value is -2.66. The minimum Gasteiger partial charge on any atom is -0.348 e. The molecule has 2 aromatic carbocycles. The lowest BCUT2D eigenvalue weighted by Gasteiger charge is -2.23. The van der Waals surface area contributed by atoms with Gasteiger partial charge in [0.05, 0.1) is 6.04 Å². The number of anilines is 1. The zero-order valence-electron chi connectivity index (χ0n) is 14.0. The summed E-state index contributed by atoms with van der Waals surface area (Å²) < 4.78 is 0. The molecule has 0 bridgehead atoms. The Morgan fingerprint density at radius 1 is 1.20 bits per heavy atom. The highest BCUT2D eigenvalue weighted by Gasteiger charge is 2.31. The van der Waals surface area contributed by atoms with Gasteiger partial charge in [-0.05, 0) is 42.6 Å². The predicted octanol–water partition coefficient (Wildman–Crippen LogP) is 2.53. The Morgan fingerprint density at radius 3 is 2.88 bits per heavy atom. The summed E-state index contributed by atoms with van der Waals surface area (Å²) in [6.07, 6.45) is 1.89. The molecule has 1 saturated heterocycles. The fourth-order valence-electron chi connectivity index (χ4n) is 3.65. The second kappa shape index (κ2) is 6.69. The summed E-state index contributed by atoms with van der Waals surface area (Å²) in [5.41, 5.74) is 3.55. The van der Waals surface area contributed by atoms with Crippen LogP contribution in [-0.4, -0.2) is 29.3 Å². The van der Waals surface area contributed by atoms with Crippen molar-refractivity contribution >= 4 is 17.5 Å². The first-order valence-corrected chi connectivity index (χ1v) is 8.71. The van der Waals surface area contributed by atoms with E-state index in [1.165, 1.54) is 5.56 Å². The van der Waals surface area contributed by atoms with Crippen LogP contribution in [0.15, 0.2) is 48.5 Å². The van der Waals surface area contributed by atoms with Gasteiger partial charge in [-0.15, -0.1) is 0 Å². The van der Waals surface area contributed by atoms with Gasteiger partial charge in [0, 0.05) is 24.3 Å². The number of hydrogen-bond acceptors (Lipinski definition) is 3. The molecule has 2 aromatic rings. The van der Waals surface area contributed by atoms with Crippen LogP contribution in [0.2, 0.25) is 0 Å². The Bertz CT molecular complexity index is 804. The van der Waals surface area contributed by atoms with Gasteiger partial charge >= 0.3 is 0 Å². The largest absolute Gasteiger partial charge is 0.348 e. The van der Waals surface area contributed by atoms with Crippen LogP contribution in [0.3, 0.4) is 0 Å². The van der Waals surface area contributed by atoms with Crippen LogP contribution < -0.4 is 10.6 Å². The molecular weight excluding hydrogens is 314 g/mol. The normalized spacial score (nSPS) is 19.5. The maximum atomic E-state index is 12.7. The van der Waals surface area contributed by atoms with Crippen molar-refractivity contribution in [3.8, 4) is 0 Å². The molecule has 25 heavy (non-hydrogen) atoms. The SMILES string of the molecule is O=C1NCc2ccc(NC(=O)[C@H]3CCCN3Cc3ccccc3)cc21. The third kappa shape index (κ3) is 3.28. The lowest BCUT2D eigenvalue weighted by Crippen LogP contribution is -2.39. The van der Waals surface area contributed by atoms with Crippen molar-refractivity contribution in [2.45, 2.75) is 32.0 Å². The number of nitrogens with zero attached hydrogens (tertiary/aromatic N) is 1. The van der Waals surface area contributed by atoms with E-state index in [9.17, 15) is 9.59 Å². The average molecular weight is 335 g/mol. The Balaban J connectivity index is 1.45. The smallest absolute Gasteiger partial charge is 0.251 e. The van der Waals surface area contributed by atoms with Crippen molar-refractivity contribution in [1.29, 1.82) is 0 Å². The lowest BCUT2D eigenvalue weighted by molar-refractivity contribution is -0.120. The third-order valence-electron chi connectivity index (χ3n) is 4.96. The molecule has 1 fully saturated rings. The fourth-order valence-corrected chi connectivity index (χ4v) is 3.65. The lowest BCUT2D eigenvalue weighted by atomic mass is 10.1. The predicted molar refractivity (Wildman–Crippen MR) is 96.1 cm³/mol. The van der Waals surface area contributed by atoms with Gasteiger partial charge in [0.15, 0.2) is 0 Å². The summed E-state index contributed by atoms with van der Waals surface area (Å²) in [6.45, 7) is 2.28. The van der Waals surface area contributed by atoms with Gasteiger partial charge in [-0.3, -0.25) is 14.5 Å². The van der Waals surface area contributed by atoms with E-state index in [1.54, 1.807) is 6.07 Å². The molecule has 2 amide bonds. The minimum absolute atomic E-state index is 0.00628. The van der Waals surface area contributed by atoms with Crippen LogP contribution in [-0.2, 0) is 17.9 Å². The third-order valence-corrected chi connectivity index (χ3v) is 4.96. The van der Waals surface area contributed by atoms with Gasteiger partial charge in [0.25, 0.3) is 5.91 Å². The summed E-state index contributed by atoms with van der Waals surface area (Å²) in [7, 11) is 0. The Labute approximate surface area is 147 Å². The van der Waals surface area contributed by atoms with E-state index in [-0.39, 0.29) is 17.9 Å². The summed E-state index contributed by atoms with van der Waals surface area (Å²) in [4.78, 5) is 26.8. The molecule has 2 aliphatic rings. The summed E-state index contributed by atoms with van der Waals surface area (Å²) in [6, 6.07) is 15.6. The second-order valence-electron chi connectivity index (χ2n) is 6.66. The molecule has 0 radical (unpaired) electrons. The van der Waals surface area contributed by atoms with Gasteiger partial charge in [-0.25, -0.2) is 0 Å². The number of likely N-dealkylation sites (tertiary alicyclic amines) is 1. The number of nitrogens with one attached hydrogen (secondary N) is 2. The maximum absolute atomic E-state index is 12.7. The highest BCUT2D eigenvalue weighted by Crippen LogP contribution is 2.24. The fraction of sp³-hybridized carbons (Fsp3) is 0.300. The summed E-state index contributed by atoms with van der Waals surface area (Å²) in [5, 5.41) is 5.78. The van der Waals surface area contributed by atoms with Crippen molar-refractivity contribution < 1.29 is 9.59 Å². The standard InChI is InChI=1S/C20H21N3O2/c24-19-17-11-16(9-8-15(17)12-21-19)22-20(25)18-7-4-10-23(18)13-14-5-2-1-3-6-14/h1-3,5-6,8-9,11,18H,4,7,10,12-13H2,(H,21,24)(H,22,25)/t18-/m1/s1. The van der Waals surface area contributed by atoms with E-state index in [2.05, 4.69) is 27.7 Å². The second-order valence-corrected chi connectivity index (χ2v) is 6.66. The number of hydrogen-bond donors (Lipinski definition) is 2. The van der Waals surface area contributed by atoms with Crippen LogP contribution in [0.5, 0.6) is 0 Å². The van der Waals surface area contributed by atoms with Crippen molar-refractivity contribution in [2.24, 2.45) is 0 Å². The highest BCUT2D eigenvalue weighted by atomic mass is 16.2. The van der Waals surface area contributed by atoms with Gasteiger partial charge in [0.1, 0.15) is 0 Å². The van der Waals surface area contributed by atoms with Gasteiger partial charge in [0.2, 0.25) is 5.91 Å². The van der Waals surface area contributed by atoms with Gasteiger partial charge in [-0.1, -0.05) is 36.4 Å². The number of benzene rings is 2. The molecule has 5 heteroatoms. The number of fused-ring (bicyclic) bond motifs is 1. The number of carbonyl (C=O) groups is 2. The first-order chi connectivity index (χ1) is 12.2. The molecule has 0 unspecified atom stereocenters. The molecule has 0 saturated carbocycles. The molecule has 4 rings (SSSR count). The van der Waals surface area contributed by atoms with E-state index in [0.29, 0.717) is 17.8 Å². The van der Waals surface area contributed by atoms with Gasteiger partial charge < -0.3 is 10.6 Å². The van der Waals surface area contributed by atoms with Crippen molar-refractivity contribution in [2.75, 3.05) is 11.9 Å². The molecule has 2 heterocycles. The van der Waals surface area contributed by atoms with Crippen LogP contribution in [0.4, 0.5) is 5.69 Å². The first-order valence-electron chi connectivity index (χ1n) is 8.71. The van der Waals surface area contributed by atoms with Crippen LogP contribution in [0, 0.1) is 0 Å². The topological polar surface area (TPSA) is 61.4 Å². The van der Waals surface area contributed by atoms with E-state index in [1.807, 2.05) is 30.3 Å². The van der Waals surface area contributed by atoms with E-state index < -0.39 is 0 Å². The van der Waals surface area contributed by atoms with Crippen LogP contribution >= 0.6 is 0 Å². The molecule has 2 aliphatic heterocycles. The molecular formula is C20H21N3O2. The average Bonchev–Trinajstić information content (AvgIpc) is 3.23. The van der Waals surface area contributed by atoms with E-state index in [4.69, 9.17) is 0 Å². The molecule has 128 valence electrons.